The lowest BCUT2D eigenvalue weighted by molar-refractivity contribution is -0.139. The molecule has 2 atom stereocenters. The highest BCUT2D eigenvalue weighted by atomic mass is 32.1. The van der Waals surface area contributed by atoms with Crippen LogP contribution in [0.25, 0.3) is 0 Å². The predicted molar refractivity (Wildman–Crippen MR) is 104 cm³/mol. The zero-order chi connectivity index (χ0) is 18.7. The van der Waals surface area contributed by atoms with Crippen LogP contribution in [0.5, 0.6) is 5.75 Å². The van der Waals surface area contributed by atoms with Crippen molar-refractivity contribution in [1.29, 1.82) is 0 Å². The van der Waals surface area contributed by atoms with Crippen molar-refractivity contribution >= 4 is 23.2 Å². The lowest BCUT2D eigenvalue weighted by Crippen LogP contribution is -2.55. The van der Waals surface area contributed by atoms with Crippen molar-refractivity contribution in [3.8, 4) is 5.75 Å². The molecule has 2 fully saturated rings. The molecule has 1 aromatic rings. The molecule has 0 unspecified atom stereocenters. The van der Waals surface area contributed by atoms with Crippen LogP contribution < -0.4 is 15.4 Å². The molecule has 0 saturated carbocycles. The second kappa shape index (κ2) is 8.05. The van der Waals surface area contributed by atoms with Gasteiger partial charge in [-0.05, 0) is 32.1 Å². The third kappa shape index (κ3) is 3.99. The molecule has 7 heteroatoms. The molecule has 0 radical (unpaired) electrons. The molecule has 2 aliphatic heterocycles. The van der Waals surface area contributed by atoms with E-state index in [9.17, 15) is 4.79 Å². The molecule has 0 aliphatic carbocycles. The average Bonchev–Trinajstić information content (AvgIpc) is 2.61. The number of carbonyl (C=O) groups is 1. The fourth-order valence-electron chi connectivity index (χ4n) is 3.31. The summed E-state index contributed by atoms with van der Waals surface area (Å²) in [6, 6.07) is 7.42. The molecular formula is C19H25N3O3S. The Labute approximate surface area is 159 Å². The summed E-state index contributed by atoms with van der Waals surface area (Å²) in [6.45, 7) is 10.3. The Morgan fingerprint density at radius 3 is 2.73 bits per heavy atom. The van der Waals surface area contributed by atoms with E-state index in [2.05, 4.69) is 17.2 Å². The zero-order valence-electron chi connectivity index (χ0n) is 15.2. The quantitative estimate of drug-likeness (QED) is 0.785. The molecule has 26 heavy (non-hydrogen) atoms. The highest BCUT2D eigenvalue weighted by Crippen LogP contribution is 2.36. The third-order valence-corrected chi connectivity index (χ3v) is 4.69. The molecule has 0 bridgehead atoms. The zero-order valence-corrected chi connectivity index (χ0v) is 16.0. The maximum atomic E-state index is 13.2. The number of carbonyl (C=O) groups excluding carboxylic acids is 1. The molecule has 140 valence electrons. The molecule has 0 aromatic heterocycles. The highest BCUT2D eigenvalue weighted by Gasteiger charge is 2.40. The van der Waals surface area contributed by atoms with Crippen molar-refractivity contribution in [3.05, 3.63) is 42.1 Å². The summed E-state index contributed by atoms with van der Waals surface area (Å²) < 4.78 is 11.3. The van der Waals surface area contributed by atoms with Gasteiger partial charge >= 0.3 is 0 Å². The summed E-state index contributed by atoms with van der Waals surface area (Å²) >= 11 is 5.32. The summed E-state index contributed by atoms with van der Waals surface area (Å²) in [5.74, 6) is 0.291. The van der Waals surface area contributed by atoms with Crippen LogP contribution in [0, 0.1) is 5.92 Å². The van der Waals surface area contributed by atoms with Crippen LogP contribution in [0.3, 0.4) is 0 Å². The third-order valence-electron chi connectivity index (χ3n) is 4.47. The summed E-state index contributed by atoms with van der Waals surface area (Å²) in [7, 11) is 0. The van der Waals surface area contributed by atoms with Gasteiger partial charge in [0.15, 0.2) is 5.11 Å². The van der Waals surface area contributed by atoms with Gasteiger partial charge in [0.05, 0.1) is 25.4 Å². The van der Waals surface area contributed by atoms with E-state index in [0.717, 1.165) is 11.3 Å². The normalized spacial score (nSPS) is 23.4. The van der Waals surface area contributed by atoms with Gasteiger partial charge in [-0.2, -0.15) is 0 Å². The van der Waals surface area contributed by atoms with Crippen molar-refractivity contribution in [3.63, 3.8) is 0 Å². The topological polar surface area (TPSA) is 62.8 Å². The Morgan fingerprint density at radius 2 is 2.04 bits per heavy atom. The lowest BCUT2D eigenvalue weighted by Gasteiger charge is -2.39. The summed E-state index contributed by atoms with van der Waals surface area (Å²) in [5, 5.41) is 6.73. The Kier molecular flexibility index (Phi) is 5.78. The number of amides is 1. The van der Waals surface area contributed by atoms with Crippen LogP contribution in [0.15, 0.2) is 36.5 Å². The minimum Gasteiger partial charge on any atom is -0.491 e. The number of morpholine rings is 1. The van der Waals surface area contributed by atoms with Crippen molar-refractivity contribution < 1.29 is 14.3 Å². The van der Waals surface area contributed by atoms with Gasteiger partial charge < -0.3 is 25.0 Å². The summed E-state index contributed by atoms with van der Waals surface area (Å²) in [5.41, 5.74) is 1.51. The number of nitrogens with zero attached hydrogens (tertiary/aromatic N) is 1. The Morgan fingerprint density at radius 1 is 1.35 bits per heavy atom. The van der Waals surface area contributed by atoms with Gasteiger partial charge in [0.25, 0.3) is 0 Å². The Hall–Kier alpha value is -2.12. The molecule has 2 N–H and O–H groups in total. The fourth-order valence-corrected chi connectivity index (χ4v) is 3.57. The van der Waals surface area contributed by atoms with Gasteiger partial charge in [-0.15, -0.1) is 0 Å². The minimum atomic E-state index is -0.475. The molecule has 2 saturated heterocycles. The molecule has 1 aromatic carbocycles. The van der Waals surface area contributed by atoms with Gasteiger partial charge in [-0.25, -0.2) is 0 Å². The standard InChI is InChI=1S/C19H25N3O3S/c1-12(2)25-15-7-5-4-6-14(15)17-16(13(3)20-19(26)21-17)18(23)22-8-10-24-11-9-22/h4-7,12,16-17H,3,8-11H2,1-2H3,(H2,20,21,26)/t16-,17+/m0/s1. The highest BCUT2D eigenvalue weighted by molar-refractivity contribution is 7.80. The smallest absolute Gasteiger partial charge is 0.234 e. The SMILES string of the molecule is C=C1NC(=S)N[C@H](c2ccccc2OC(C)C)[C@H]1C(=O)N1CCOCC1. The minimum absolute atomic E-state index is 0.0187. The lowest BCUT2D eigenvalue weighted by atomic mass is 9.87. The Balaban J connectivity index is 1.95. The van der Waals surface area contributed by atoms with Crippen molar-refractivity contribution in [2.75, 3.05) is 26.3 Å². The Bertz CT molecular complexity index is 701. The van der Waals surface area contributed by atoms with E-state index in [-0.39, 0.29) is 18.1 Å². The van der Waals surface area contributed by atoms with Crippen molar-refractivity contribution in [1.82, 2.24) is 15.5 Å². The van der Waals surface area contributed by atoms with E-state index in [4.69, 9.17) is 21.7 Å². The molecule has 0 spiro atoms. The first-order valence-corrected chi connectivity index (χ1v) is 9.26. The number of hydrogen-bond acceptors (Lipinski definition) is 4. The summed E-state index contributed by atoms with van der Waals surface area (Å²) in [6.07, 6.45) is 0.0291. The maximum absolute atomic E-state index is 13.2. The van der Waals surface area contributed by atoms with Gasteiger partial charge in [-0.3, -0.25) is 4.79 Å². The number of para-hydroxylation sites is 1. The molecule has 2 aliphatic rings. The van der Waals surface area contributed by atoms with Crippen LogP contribution in [-0.2, 0) is 9.53 Å². The monoisotopic (exact) mass is 375 g/mol. The fraction of sp³-hybridized carbons (Fsp3) is 0.474. The largest absolute Gasteiger partial charge is 0.491 e. The van der Waals surface area contributed by atoms with Crippen LogP contribution in [0.4, 0.5) is 0 Å². The van der Waals surface area contributed by atoms with E-state index in [1.807, 2.05) is 43.0 Å². The van der Waals surface area contributed by atoms with Gasteiger partial charge in [0.2, 0.25) is 5.91 Å². The second-order valence-corrected chi connectivity index (χ2v) is 7.13. The van der Waals surface area contributed by atoms with E-state index in [1.165, 1.54) is 0 Å². The number of benzene rings is 1. The number of nitrogens with one attached hydrogen (secondary N) is 2. The van der Waals surface area contributed by atoms with E-state index in [0.29, 0.717) is 37.1 Å². The first kappa shape index (κ1) is 18.7. The predicted octanol–water partition coefficient (Wildman–Crippen LogP) is 1.98. The number of rotatable bonds is 4. The van der Waals surface area contributed by atoms with Crippen LogP contribution in [0.1, 0.15) is 25.5 Å². The first-order chi connectivity index (χ1) is 12.5. The molecular weight excluding hydrogens is 350 g/mol. The van der Waals surface area contributed by atoms with Gasteiger partial charge in [0.1, 0.15) is 11.7 Å². The molecule has 6 nitrogen and oxygen atoms in total. The van der Waals surface area contributed by atoms with Gasteiger partial charge in [-0.1, -0.05) is 24.8 Å². The number of thiocarbonyl (C=S) groups is 1. The van der Waals surface area contributed by atoms with Crippen LogP contribution >= 0.6 is 12.2 Å². The first-order valence-electron chi connectivity index (χ1n) is 8.86. The average molecular weight is 375 g/mol. The van der Waals surface area contributed by atoms with E-state index >= 15 is 0 Å². The maximum Gasteiger partial charge on any atom is 0.234 e. The summed E-state index contributed by atoms with van der Waals surface area (Å²) in [4.78, 5) is 15.1. The van der Waals surface area contributed by atoms with Crippen molar-refractivity contribution in [2.24, 2.45) is 5.92 Å². The molecule has 2 heterocycles. The van der Waals surface area contributed by atoms with Crippen molar-refractivity contribution in [2.45, 2.75) is 26.0 Å². The number of ether oxygens (including phenoxy) is 2. The van der Waals surface area contributed by atoms with E-state index in [1.54, 1.807) is 0 Å². The second-order valence-electron chi connectivity index (χ2n) is 6.72. The molecule has 1 amide bonds. The van der Waals surface area contributed by atoms with Crippen LogP contribution in [-0.4, -0.2) is 48.3 Å². The molecule has 3 rings (SSSR count). The number of hydrogen-bond donors (Lipinski definition) is 2. The van der Waals surface area contributed by atoms with Crippen LogP contribution in [0.2, 0.25) is 0 Å². The van der Waals surface area contributed by atoms with Gasteiger partial charge in [0, 0.05) is 24.4 Å². The van der Waals surface area contributed by atoms with E-state index < -0.39 is 5.92 Å².